The second kappa shape index (κ2) is 67.7. The zero-order valence-corrected chi connectivity index (χ0v) is 53.2. The predicted molar refractivity (Wildman–Crippen MR) is 340 cm³/mol. The number of esters is 3. The van der Waals surface area contributed by atoms with E-state index in [2.05, 4.69) is 32.9 Å². The van der Waals surface area contributed by atoms with Gasteiger partial charge in [-0.1, -0.05) is 360 Å². The van der Waals surface area contributed by atoms with Gasteiger partial charge in [-0.05, 0) is 44.9 Å². The van der Waals surface area contributed by atoms with Gasteiger partial charge in [0.15, 0.2) is 6.10 Å². The minimum atomic E-state index is -0.765. The maximum absolute atomic E-state index is 12.9. The highest BCUT2D eigenvalue weighted by molar-refractivity contribution is 5.71. The van der Waals surface area contributed by atoms with Crippen LogP contribution in [-0.2, 0) is 28.6 Å². The van der Waals surface area contributed by atoms with Crippen molar-refractivity contribution in [3.05, 3.63) is 12.2 Å². The molecular weight excluding hydrogens is 961 g/mol. The molecule has 0 aromatic carbocycles. The number of carbonyl (C=O) groups excluding carboxylic acids is 3. The molecule has 0 aromatic heterocycles. The third kappa shape index (κ3) is 65.0. The fraction of sp³-hybridized carbons (Fsp3) is 0.931. The van der Waals surface area contributed by atoms with Crippen LogP contribution in [0.5, 0.6) is 0 Å². The zero-order chi connectivity index (χ0) is 56.4. The number of ether oxygens (including phenoxy) is 3. The van der Waals surface area contributed by atoms with Crippen LogP contribution >= 0.6 is 0 Å². The lowest BCUT2D eigenvalue weighted by Crippen LogP contribution is -2.30. The van der Waals surface area contributed by atoms with Crippen molar-refractivity contribution in [2.24, 2.45) is 0 Å². The van der Waals surface area contributed by atoms with Gasteiger partial charge in [0, 0.05) is 19.3 Å². The number of hydrogen-bond acceptors (Lipinski definition) is 6. The summed E-state index contributed by atoms with van der Waals surface area (Å²) in [5.74, 6) is -0.825. The van der Waals surface area contributed by atoms with Crippen LogP contribution in [0.25, 0.3) is 0 Å². The van der Waals surface area contributed by atoms with Gasteiger partial charge in [0.25, 0.3) is 0 Å². The summed E-state index contributed by atoms with van der Waals surface area (Å²) in [6.07, 6.45) is 81.1. The van der Waals surface area contributed by atoms with E-state index in [1.807, 2.05) is 0 Å². The van der Waals surface area contributed by atoms with E-state index in [9.17, 15) is 14.4 Å². The molecule has 0 aromatic rings. The first-order chi connectivity index (χ1) is 38.5. The summed E-state index contributed by atoms with van der Waals surface area (Å²) >= 11 is 0. The third-order valence-electron chi connectivity index (χ3n) is 16.5. The van der Waals surface area contributed by atoms with Crippen molar-refractivity contribution in [2.75, 3.05) is 13.2 Å². The monoisotopic (exact) mass is 1100 g/mol. The fourth-order valence-electron chi connectivity index (χ4n) is 11.2. The summed E-state index contributed by atoms with van der Waals surface area (Å²) < 4.78 is 17.0. The second-order valence-electron chi connectivity index (χ2n) is 24.5. The lowest BCUT2D eigenvalue weighted by atomic mass is 10.0. The Morgan fingerprint density at radius 1 is 0.244 bits per heavy atom. The van der Waals surface area contributed by atoms with Crippen molar-refractivity contribution in [1.29, 1.82) is 0 Å². The Bertz CT molecular complexity index is 1210. The highest BCUT2D eigenvalue weighted by Gasteiger charge is 2.19. The summed E-state index contributed by atoms with van der Waals surface area (Å²) in [6.45, 7) is 6.73. The molecule has 1 atom stereocenters. The van der Waals surface area contributed by atoms with Crippen LogP contribution in [0.15, 0.2) is 12.2 Å². The van der Waals surface area contributed by atoms with E-state index in [1.165, 1.54) is 315 Å². The Balaban J connectivity index is 4.15. The molecule has 0 heterocycles. The predicted octanol–water partition coefficient (Wildman–Crippen LogP) is 24.4. The number of allylic oxidation sites excluding steroid dienone is 2. The summed E-state index contributed by atoms with van der Waals surface area (Å²) in [4.78, 5) is 38.4. The molecule has 6 nitrogen and oxygen atoms in total. The Morgan fingerprint density at radius 3 is 0.641 bits per heavy atom. The first-order valence-corrected chi connectivity index (χ1v) is 35.7. The van der Waals surface area contributed by atoms with E-state index in [4.69, 9.17) is 14.2 Å². The molecule has 0 saturated carbocycles. The number of hydrogen-bond donors (Lipinski definition) is 0. The quantitative estimate of drug-likeness (QED) is 0.0261. The van der Waals surface area contributed by atoms with Crippen LogP contribution in [0.2, 0.25) is 0 Å². The Kier molecular flexibility index (Phi) is 66.0. The molecule has 0 aliphatic rings. The normalized spacial score (nSPS) is 12.0. The van der Waals surface area contributed by atoms with Crippen molar-refractivity contribution < 1.29 is 28.6 Å². The van der Waals surface area contributed by atoms with Gasteiger partial charge < -0.3 is 14.2 Å². The van der Waals surface area contributed by atoms with Crippen LogP contribution in [0.4, 0.5) is 0 Å². The van der Waals surface area contributed by atoms with Gasteiger partial charge in [0.1, 0.15) is 13.2 Å². The topological polar surface area (TPSA) is 78.9 Å². The first-order valence-electron chi connectivity index (χ1n) is 35.7. The molecule has 0 radical (unpaired) electrons. The summed E-state index contributed by atoms with van der Waals surface area (Å²) in [6, 6.07) is 0. The molecule has 0 aliphatic carbocycles. The molecule has 0 amide bonds. The van der Waals surface area contributed by atoms with Crippen molar-refractivity contribution in [3.8, 4) is 0 Å². The number of carbonyl (C=O) groups is 3. The zero-order valence-electron chi connectivity index (χ0n) is 53.2. The molecule has 462 valence electrons. The standard InChI is InChI=1S/C72H138O6/c1-4-7-10-13-16-19-22-25-27-29-31-32-33-34-35-36-37-38-39-40-41-43-44-47-50-53-56-59-62-65-71(74)77-68-69(67-76-70(73)64-61-58-55-52-49-46-24-21-18-15-12-9-6-3)78-72(75)66-63-60-57-54-51-48-45-42-30-28-26-23-20-17-14-11-8-5-2/h29,31,69H,4-28,30,32-68H2,1-3H3/b31-29-. The van der Waals surface area contributed by atoms with Gasteiger partial charge in [-0.25, -0.2) is 0 Å². The molecule has 0 N–H and O–H groups in total. The largest absolute Gasteiger partial charge is 0.462 e. The molecule has 0 spiro atoms. The van der Waals surface area contributed by atoms with E-state index in [-0.39, 0.29) is 31.1 Å². The lowest BCUT2D eigenvalue weighted by molar-refractivity contribution is -0.167. The summed E-state index contributed by atoms with van der Waals surface area (Å²) in [5.41, 5.74) is 0. The van der Waals surface area contributed by atoms with E-state index in [0.717, 1.165) is 57.8 Å². The van der Waals surface area contributed by atoms with Gasteiger partial charge in [-0.2, -0.15) is 0 Å². The molecule has 0 bridgehead atoms. The van der Waals surface area contributed by atoms with Crippen LogP contribution in [0.3, 0.4) is 0 Å². The molecule has 0 fully saturated rings. The average molecular weight is 1100 g/mol. The van der Waals surface area contributed by atoms with Gasteiger partial charge in [0.05, 0.1) is 0 Å². The van der Waals surface area contributed by atoms with Crippen molar-refractivity contribution in [1.82, 2.24) is 0 Å². The second-order valence-corrected chi connectivity index (χ2v) is 24.5. The molecule has 78 heavy (non-hydrogen) atoms. The number of unbranched alkanes of at least 4 members (excludes halogenated alkanes) is 54. The Morgan fingerprint density at radius 2 is 0.423 bits per heavy atom. The van der Waals surface area contributed by atoms with Crippen LogP contribution in [0, 0.1) is 0 Å². The average Bonchev–Trinajstić information content (AvgIpc) is 3.44. The number of rotatable bonds is 67. The SMILES string of the molecule is CCCCCCCCCC/C=C\CCCCCCCCCCCCCCCCCCCC(=O)OCC(COC(=O)CCCCCCCCCCCCCCC)OC(=O)CCCCCCCCCCCCCCCCCCCC. The van der Waals surface area contributed by atoms with Gasteiger partial charge in [-0.3, -0.25) is 14.4 Å². The van der Waals surface area contributed by atoms with E-state index in [1.54, 1.807) is 0 Å². The lowest BCUT2D eigenvalue weighted by Gasteiger charge is -2.18. The minimum Gasteiger partial charge on any atom is -0.462 e. The van der Waals surface area contributed by atoms with Crippen molar-refractivity contribution >= 4 is 17.9 Å². The first kappa shape index (κ1) is 76.1. The summed E-state index contributed by atoms with van der Waals surface area (Å²) in [7, 11) is 0. The van der Waals surface area contributed by atoms with E-state index in [0.29, 0.717) is 19.3 Å². The van der Waals surface area contributed by atoms with Gasteiger partial charge in [0.2, 0.25) is 0 Å². The highest BCUT2D eigenvalue weighted by Crippen LogP contribution is 2.19. The highest BCUT2D eigenvalue weighted by atomic mass is 16.6. The molecule has 0 rings (SSSR count). The molecule has 0 aliphatic heterocycles. The van der Waals surface area contributed by atoms with Crippen LogP contribution in [-0.4, -0.2) is 37.2 Å². The Hall–Kier alpha value is -1.85. The van der Waals surface area contributed by atoms with E-state index >= 15 is 0 Å². The molecule has 1 unspecified atom stereocenters. The van der Waals surface area contributed by atoms with Gasteiger partial charge in [-0.15, -0.1) is 0 Å². The third-order valence-corrected chi connectivity index (χ3v) is 16.5. The maximum atomic E-state index is 12.9. The smallest absolute Gasteiger partial charge is 0.306 e. The van der Waals surface area contributed by atoms with Gasteiger partial charge >= 0.3 is 17.9 Å². The Labute approximate surface area is 488 Å². The van der Waals surface area contributed by atoms with Crippen LogP contribution in [0.1, 0.15) is 412 Å². The minimum absolute atomic E-state index is 0.0620. The van der Waals surface area contributed by atoms with Crippen LogP contribution < -0.4 is 0 Å². The maximum Gasteiger partial charge on any atom is 0.306 e. The van der Waals surface area contributed by atoms with Crippen molar-refractivity contribution in [2.45, 2.75) is 419 Å². The summed E-state index contributed by atoms with van der Waals surface area (Å²) in [5, 5.41) is 0. The van der Waals surface area contributed by atoms with E-state index < -0.39 is 6.10 Å². The molecule has 6 heteroatoms. The van der Waals surface area contributed by atoms with Crippen molar-refractivity contribution in [3.63, 3.8) is 0 Å². The molecular formula is C72H138O6. The molecule has 0 saturated heterocycles. The fourth-order valence-corrected chi connectivity index (χ4v) is 11.2.